The highest BCUT2D eigenvalue weighted by Gasteiger charge is 2.21. The van der Waals surface area contributed by atoms with Gasteiger partial charge in [0.15, 0.2) is 0 Å². The molecule has 0 aromatic heterocycles. The normalized spacial score (nSPS) is 22.4. The first-order valence-electron chi connectivity index (χ1n) is 6.57. The number of ether oxygens (including phenoxy) is 1. The first-order chi connectivity index (χ1) is 8.27. The Labute approximate surface area is 104 Å². The van der Waals surface area contributed by atoms with Crippen molar-refractivity contribution in [3.63, 3.8) is 0 Å². The van der Waals surface area contributed by atoms with Crippen molar-refractivity contribution in [1.82, 2.24) is 0 Å². The van der Waals surface area contributed by atoms with Crippen molar-refractivity contribution in [1.29, 1.82) is 0 Å². The van der Waals surface area contributed by atoms with E-state index in [2.05, 4.69) is 31.2 Å². The minimum Gasteiger partial charge on any atom is -0.393 e. The summed E-state index contributed by atoms with van der Waals surface area (Å²) in [5, 5.41) is 10.1. The predicted molar refractivity (Wildman–Crippen MR) is 69.0 cm³/mol. The van der Waals surface area contributed by atoms with E-state index in [4.69, 9.17) is 4.74 Å². The molecule has 1 saturated heterocycles. The fraction of sp³-hybridized carbons (Fsp3) is 0.600. The summed E-state index contributed by atoms with van der Waals surface area (Å²) in [5.74, 6) is 0.341. The van der Waals surface area contributed by atoms with E-state index in [0.29, 0.717) is 5.92 Å². The van der Waals surface area contributed by atoms with Gasteiger partial charge in [0.1, 0.15) is 0 Å². The molecule has 0 radical (unpaired) electrons. The quantitative estimate of drug-likeness (QED) is 0.868. The monoisotopic (exact) mass is 234 g/mol. The Bertz CT molecular complexity index is 343. The van der Waals surface area contributed by atoms with Crippen LogP contribution in [0.2, 0.25) is 0 Å². The van der Waals surface area contributed by atoms with Gasteiger partial charge in [-0.1, -0.05) is 24.3 Å². The van der Waals surface area contributed by atoms with Gasteiger partial charge in [0.05, 0.1) is 12.7 Å². The second kappa shape index (κ2) is 6.18. The van der Waals surface area contributed by atoms with Crippen LogP contribution in [0.1, 0.15) is 30.4 Å². The highest BCUT2D eigenvalue weighted by atomic mass is 16.5. The summed E-state index contributed by atoms with van der Waals surface area (Å²) >= 11 is 0. The molecule has 1 aromatic rings. The van der Waals surface area contributed by atoms with Crippen LogP contribution < -0.4 is 0 Å². The van der Waals surface area contributed by atoms with Crippen LogP contribution in [0.5, 0.6) is 0 Å². The Kier molecular flexibility index (Phi) is 4.57. The number of aliphatic hydroxyl groups excluding tert-OH is 1. The lowest BCUT2D eigenvalue weighted by atomic mass is 9.91. The average Bonchev–Trinajstić information content (AvgIpc) is 2.38. The maximum Gasteiger partial charge on any atom is 0.0593 e. The van der Waals surface area contributed by atoms with Gasteiger partial charge < -0.3 is 9.84 Å². The van der Waals surface area contributed by atoms with Gasteiger partial charge in [-0.3, -0.25) is 0 Å². The van der Waals surface area contributed by atoms with E-state index in [9.17, 15) is 5.11 Å². The molecule has 2 nitrogen and oxygen atoms in total. The predicted octanol–water partition coefficient (Wildman–Crippen LogP) is 2.72. The zero-order valence-corrected chi connectivity index (χ0v) is 10.6. The lowest BCUT2D eigenvalue weighted by Gasteiger charge is -2.26. The summed E-state index contributed by atoms with van der Waals surface area (Å²) in [6.07, 6.45) is 3.79. The maximum absolute atomic E-state index is 10.1. The summed E-state index contributed by atoms with van der Waals surface area (Å²) in [6.45, 7) is 3.72. The second-order valence-corrected chi connectivity index (χ2v) is 5.01. The molecule has 2 heteroatoms. The highest BCUT2D eigenvalue weighted by molar-refractivity contribution is 5.25. The Morgan fingerprint density at radius 2 is 2.24 bits per heavy atom. The number of rotatable bonds is 4. The van der Waals surface area contributed by atoms with Crippen molar-refractivity contribution < 1.29 is 9.84 Å². The molecule has 0 bridgehead atoms. The zero-order chi connectivity index (χ0) is 12.1. The summed E-state index contributed by atoms with van der Waals surface area (Å²) in [5.41, 5.74) is 2.67. The highest BCUT2D eigenvalue weighted by Crippen LogP contribution is 2.21. The molecule has 2 atom stereocenters. The van der Waals surface area contributed by atoms with Crippen molar-refractivity contribution >= 4 is 0 Å². The van der Waals surface area contributed by atoms with Gasteiger partial charge in [-0.2, -0.15) is 0 Å². The molecule has 0 saturated carbocycles. The largest absolute Gasteiger partial charge is 0.393 e. The van der Waals surface area contributed by atoms with E-state index < -0.39 is 0 Å². The van der Waals surface area contributed by atoms with Crippen LogP contribution in [0.3, 0.4) is 0 Å². The second-order valence-electron chi connectivity index (χ2n) is 5.01. The van der Waals surface area contributed by atoms with Gasteiger partial charge >= 0.3 is 0 Å². The summed E-state index contributed by atoms with van der Waals surface area (Å²) in [6, 6.07) is 8.41. The molecule has 2 rings (SSSR count). The first-order valence-corrected chi connectivity index (χ1v) is 6.57. The molecule has 1 aliphatic heterocycles. The van der Waals surface area contributed by atoms with E-state index in [1.54, 1.807) is 0 Å². The van der Waals surface area contributed by atoms with E-state index >= 15 is 0 Å². The molecule has 0 spiro atoms. The molecule has 1 heterocycles. The smallest absolute Gasteiger partial charge is 0.0593 e. The molecule has 94 valence electrons. The van der Waals surface area contributed by atoms with Crippen LogP contribution in [0, 0.1) is 12.8 Å². The van der Waals surface area contributed by atoms with Crippen LogP contribution in [0.15, 0.2) is 24.3 Å². The molecule has 1 aromatic carbocycles. The first kappa shape index (κ1) is 12.6. The van der Waals surface area contributed by atoms with Crippen LogP contribution in [0.4, 0.5) is 0 Å². The molecule has 1 fully saturated rings. The van der Waals surface area contributed by atoms with Crippen molar-refractivity contribution in [2.75, 3.05) is 13.2 Å². The maximum atomic E-state index is 10.1. The van der Waals surface area contributed by atoms with Gasteiger partial charge in [0.2, 0.25) is 0 Å². The van der Waals surface area contributed by atoms with Gasteiger partial charge in [0, 0.05) is 12.5 Å². The van der Waals surface area contributed by atoms with Crippen molar-refractivity contribution in [2.24, 2.45) is 5.92 Å². The van der Waals surface area contributed by atoms with E-state index in [-0.39, 0.29) is 6.10 Å². The Morgan fingerprint density at radius 3 is 2.94 bits per heavy atom. The van der Waals surface area contributed by atoms with Gasteiger partial charge in [-0.25, -0.2) is 0 Å². The zero-order valence-electron chi connectivity index (χ0n) is 10.6. The topological polar surface area (TPSA) is 29.5 Å². The van der Waals surface area contributed by atoms with Crippen molar-refractivity contribution in [3.8, 4) is 0 Å². The molecule has 17 heavy (non-hydrogen) atoms. The van der Waals surface area contributed by atoms with E-state index in [1.807, 2.05) is 0 Å². The Balaban J connectivity index is 1.83. The minimum absolute atomic E-state index is 0.213. The third-order valence-electron chi connectivity index (χ3n) is 3.71. The van der Waals surface area contributed by atoms with Gasteiger partial charge in [-0.15, -0.1) is 0 Å². The summed E-state index contributed by atoms with van der Waals surface area (Å²) < 4.78 is 5.42. The standard InChI is InChI=1S/C15H22O2/c1-12-5-2-3-6-13(12)8-9-15(16)14-7-4-10-17-11-14/h2-3,5-6,14-16H,4,7-11H2,1H3. The van der Waals surface area contributed by atoms with Gasteiger partial charge in [0.25, 0.3) is 0 Å². The molecule has 2 unspecified atom stereocenters. The molecule has 0 amide bonds. The fourth-order valence-electron chi connectivity index (χ4n) is 2.50. The lowest BCUT2D eigenvalue weighted by Crippen LogP contribution is -2.29. The van der Waals surface area contributed by atoms with E-state index in [1.165, 1.54) is 11.1 Å². The molecule has 0 aliphatic carbocycles. The Hall–Kier alpha value is -0.860. The number of benzene rings is 1. The fourth-order valence-corrected chi connectivity index (χ4v) is 2.50. The summed E-state index contributed by atoms with van der Waals surface area (Å²) in [4.78, 5) is 0. The third-order valence-corrected chi connectivity index (χ3v) is 3.71. The minimum atomic E-state index is -0.213. The number of hydrogen-bond donors (Lipinski definition) is 1. The lowest BCUT2D eigenvalue weighted by molar-refractivity contribution is -0.0116. The molecule has 1 aliphatic rings. The molecular weight excluding hydrogens is 212 g/mol. The summed E-state index contributed by atoms with van der Waals surface area (Å²) in [7, 11) is 0. The van der Waals surface area contributed by atoms with Crippen LogP contribution in [0.25, 0.3) is 0 Å². The van der Waals surface area contributed by atoms with Gasteiger partial charge in [-0.05, 0) is 43.7 Å². The van der Waals surface area contributed by atoms with Crippen LogP contribution >= 0.6 is 0 Å². The molecular formula is C15H22O2. The van der Waals surface area contributed by atoms with Crippen LogP contribution in [-0.2, 0) is 11.2 Å². The van der Waals surface area contributed by atoms with E-state index in [0.717, 1.165) is 38.9 Å². The van der Waals surface area contributed by atoms with Crippen molar-refractivity contribution in [2.45, 2.75) is 38.7 Å². The third kappa shape index (κ3) is 3.55. The average molecular weight is 234 g/mol. The SMILES string of the molecule is Cc1ccccc1CCC(O)C1CCCOC1. The van der Waals surface area contributed by atoms with Crippen molar-refractivity contribution in [3.05, 3.63) is 35.4 Å². The number of aliphatic hydroxyl groups is 1. The number of aryl methyl sites for hydroxylation is 2. The Morgan fingerprint density at radius 1 is 1.41 bits per heavy atom. The molecule has 1 N–H and O–H groups in total. The van der Waals surface area contributed by atoms with Crippen LogP contribution in [-0.4, -0.2) is 24.4 Å². The number of hydrogen-bond acceptors (Lipinski definition) is 2.